The average Bonchev–Trinajstić information content (AvgIpc) is 2.27. The summed E-state index contributed by atoms with van der Waals surface area (Å²) in [5.41, 5.74) is 0. The number of rotatable bonds is 5. The van der Waals surface area contributed by atoms with Gasteiger partial charge in [0.25, 0.3) is 0 Å². The minimum Gasteiger partial charge on any atom is -0.385 e. The van der Waals surface area contributed by atoms with E-state index in [9.17, 15) is 4.79 Å². The lowest BCUT2D eigenvalue weighted by Gasteiger charge is -2.37. The van der Waals surface area contributed by atoms with Gasteiger partial charge >= 0.3 is 6.03 Å². The summed E-state index contributed by atoms with van der Waals surface area (Å²) in [6, 6.07) is 0.0794. The maximum atomic E-state index is 11.9. The van der Waals surface area contributed by atoms with Crippen LogP contribution in [0.5, 0.6) is 0 Å². The first kappa shape index (κ1) is 14.6. The van der Waals surface area contributed by atoms with E-state index in [1.165, 1.54) is 0 Å². The molecule has 4 nitrogen and oxygen atoms in total. The van der Waals surface area contributed by atoms with E-state index in [0.717, 1.165) is 44.8 Å². The zero-order valence-corrected chi connectivity index (χ0v) is 11.9. The molecule has 2 amide bonds. The Hall–Kier alpha value is -0.420. The maximum absolute atomic E-state index is 11.9. The lowest BCUT2D eigenvalue weighted by Crippen LogP contribution is -2.50. The van der Waals surface area contributed by atoms with Crippen molar-refractivity contribution in [1.29, 1.82) is 0 Å². The molecule has 17 heavy (non-hydrogen) atoms. The van der Waals surface area contributed by atoms with E-state index in [4.69, 9.17) is 4.74 Å². The Bertz CT molecular complexity index is 247. The smallest absolute Gasteiger partial charge is 0.317 e. The van der Waals surface area contributed by atoms with Gasteiger partial charge in [0.15, 0.2) is 0 Å². The average molecular weight is 260 g/mol. The third-order valence-electron chi connectivity index (χ3n) is 2.76. The van der Waals surface area contributed by atoms with Crippen LogP contribution in [0.15, 0.2) is 0 Å². The van der Waals surface area contributed by atoms with Gasteiger partial charge in [0, 0.05) is 43.9 Å². The van der Waals surface area contributed by atoms with Gasteiger partial charge in [0.05, 0.1) is 0 Å². The van der Waals surface area contributed by atoms with Gasteiger partial charge in [0.2, 0.25) is 0 Å². The molecule has 0 atom stereocenters. The van der Waals surface area contributed by atoms with Crippen LogP contribution in [0.1, 0.15) is 26.7 Å². The number of hydrogen-bond donors (Lipinski definition) is 1. The minimum atomic E-state index is 0.0794. The zero-order chi connectivity index (χ0) is 12.7. The number of hydrogen-bond acceptors (Lipinski definition) is 3. The van der Waals surface area contributed by atoms with E-state index in [1.54, 1.807) is 7.11 Å². The number of amides is 2. The van der Waals surface area contributed by atoms with Crippen molar-refractivity contribution < 1.29 is 9.53 Å². The van der Waals surface area contributed by atoms with Crippen molar-refractivity contribution in [2.24, 2.45) is 0 Å². The summed E-state index contributed by atoms with van der Waals surface area (Å²) >= 11 is 1.94. The summed E-state index contributed by atoms with van der Waals surface area (Å²) < 4.78 is 5.15. The summed E-state index contributed by atoms with van der Waals surface area (Å²) in [4.78, 5) is 13.8. The first-order valence-electron chi connectivity index (χ1n) is 6.21. The van der Waals surface area contributed by atoms with E-state index in [0.29, 0.717) is 0 Å². The third kappa shape index (κ3) is 5.64. The highest BCUT2D eigenvalue weighted by Crippen LogP contribution is 2.29. The van der Waals surface area contributed by atoms with Crippen molar-refractivity contribution in [3.05, 3.63) is 0 Å². The summed E-state index contributed by atoms with van der Waals surface area (Å²) in [5.74, 6) is 1.03. The number of methoxy groups -OCH3 is 1. The molecule has 1 saturated heterocycles. The predicted octanol–water partition coefficient (Wildman–Crippen LogP) is 1.95. The van der Waals surface area contributed by atoms with Crippen LogP contribution in [0.25, 0.3) is 0 Å². The number of nitrogens with one attached hydrogen (secondary N) is 1. The van der Waals surface area contributed by atoms with Crippen LogP contribution in [0.3, 0.4) is 0 Å². The lowest BCUT2D eigenvalue weighted by molar-refractivity contribution is 0.187. The number of carbonyl (C=O) groups is 1. The molecule has 0 unspecified atom stereocenters. The van der Waals surface area contributed by atoms with Gasteiger partial charge in [-0.3, -0.25) is 0 Å². The number of carbonyl (C=O) groups excluding carboxylic acids is 1. The van der Waals surface area contributed by atoms with Gasteiger partial charge in [0.1, 0.15) is 0 Å². The fourth-order valence-electron chi connectivity index (χ4n) is 1.87. The van der Waals surface area contributed by atoms with Crippen LogP contribution >= 0.6 is 11.8 Å². The highest BCUT2D eigenvalue weighted by atomic mass is 32.2. The highest BCUT2D eigenvalue weighted by molar-refractivity contribution is 8.00. The highest BCUT2D eigenvalue weighted by Gasteiger charge is 2.29. The summed E-state index contributed by atoms with van der Waals surface area (Å²) in [6.45, 7) is 7.58. The molecule has 1 rings (SSSR count). The Morgan fingerprint density at radius 3 is 2.88 bits per heavy atom. The molecule has 0 aromatic heterocycles. The summed E-state index contributed by atoms with van der Waals surface area (Å²) in [6.07, 6.45) is 1.98. The van der Waals surface area contributed by atoms with Gasteiger partial charge in [-0.1, -0.05) is 0 Å². The van der Waals surface area contributed by atoms with Crippen molar-refractivity contribution in [2.75, 3.05) is 39.1 Å². The Morgan fingerprint density at radius 2 is 2.24 bits per heavy atom. The molecule has 100 valence electrons. The second-order valence-electron chi connectivity index (χ2n) is 4.96. The number of thioether (sulfide) groups is 1. The second-order valence-corrected chi connectivity index (χ2v) is 6.76. The van der Waals surface area contributed by atoms with Gasteiger partial charge in [-0.15, -0.1) is 0 Å². The van der Waals surface area contributed by atoms with Gasteiger partial charge < -0.3 is 15.0 Å². The fraction of sp³-hybridized carbons (Fsp3) is 0.917. The zero-order valence-electron chi connectivity index (χ0n) is 11.1. The van der Waals surface area contributed by atoms with Crippen LogP contribution in [0.2, 0.25) is 0 Å². The van der Waals surface area contributed by atoms with Crippen LogP contribution < -0.4 is 5.32 Å². The molecular formula is C12H24N2O2S. The Kier molecular flexibility index (Phi) is 6.12. The quantitative estimate of drug-likeness (QED) is 0.768. The number of urea groups is 1. The topological polar surface area (TPSA) is 41.6 Å². The Labute approximate surface area is 108 Å². The van der Waals surface area contributed by atoms with Crippen LogP contribution in [0, 0.1) is 0 Å². The van der Waals surface area contributed by atoms with Crippen molar-refractivity contribution in [3.63, 3.8) is 0 Å². The molecule has 1 N–H and O–H groups in total. The molecule has 1 fully saturated rings. The van der Waals surface area contributed by atoms with Crippen molar-refractivity contribution in [1.82, 2.24) is 10.2 Å². The standard InChI is InChI=1S/C12H24N2O2S/c1-12(2)10-14(7-9-17-12)11(15)13-6-4-5-8-16-3/h4-10H2,1-3H3,(H,13,15). The van der Waals surface area contributed by atoms with Gasteiger partial charge in [-0.25, -0.2) is 4.79 Å². The molecule has 1 heterocycles. The van der Waals surface area contributed by atoms with Crippen LogP contribution in [0.4, 0.5) is 4.79 Å². The molecule has 1 aliphatic rings. The molecule has 0 bridgehead atoms. The first-order valence-corrected chi connectivity index (χ1v) is 7.19. The van der Waals surface area contributed by atoms with Crippen LogP contribution in [-0.4, -0.2) is 54.8 Å². The van der Waals surface area contributed by atoms with E-state index in [-0.39, 0.29) is 10.8 Å². The largest absolute Gasteiger partial charge is 0.385 e. The second kappa shape index (κ2) is 7.11. The molecule has 5 heteroatoms. The molecule has 0 aromatic carbocycles. The Balaban J connectivity index is 2.18. The maximum Gasteiger partial charge on any atom is 0.317 e. The molecular weight excluding hydrogens is 236 g/mol. The number of ether oxygens (including phenoxy) is 1. The van der Waals surface area contributed by atoms with Gasteiger partial charge in [-0.05, 0) is 26.7 Å². The molecule has 0 aromatic rings. The SMILES string of the molecule is COCCCCNC(=O)N1CCSC(C)(C)C1. The molecule has 0 saturated carbocycles. The summed E-state index contributed by atoms with van der Waals surface area (Å²) in [7, 11) is 1.70. The van der Waals surface area contributed by atoms with Crippen molar-refractivity contribution in [2.45, 2.75) is 31.4 Å². The van der Waals surface area contributed by atoms with E-state index < -0.39 is 0 Å². The number of unbranched alkanes of at least 4 members (excludes halogenated alkanes) is 1. The molecule has 0 spiro atoms. The minimum absolute atomic E-state index is 0.0794. The van der Waals surface area contributed by atoms with E-state index >= 15 is 0 Å². The Morgan fingerprint density at radius 1 is 1.47 bits per heavy atom. The van der Waals surface area contributed by atoms with Crippen molar-refractivity contribution >= 4 is 17.8 Å². The van der Waals surface area contributed by atoms with E-state index in [2.05, 4.69) is 19.2 Å². The van der Waals surface area contributed by atoms with Gasteiger partial charge in [-0.2, -0.15) is 11.8 Å². The third-order valence-corrected chi connectivity index (χ3v) is 4.06. The predicted molar refractivity (Wildman–Crippen MR) is 72.6 cm³/mol. The number of nitrogens with zero attached hydrogens (tertiary/aromatic N) is 1. The van der Waals surface area contributed by atoms with E-state index in [1.807, 2.05) is 16.7 Å². The van der Waals surface area contributed by atoms with Crippen molar-refractivity contribution in [3.8, 4) is 0 Å². The molecule has 0 aliphatic carbocycles. The fourth-order valence-corrected chi connectivity index (χ4v) is 2.98. The lowest BCUT2D eigenvalue weighted by atomic mass is 10.2. The monoisotopic (exact) mass is 260 g/mol. The van der Waals surface area contributed by atoms with Crippen LogP contribution in [-0.2, 0) is 4.74 Å². The summed E-state index contributed by atoms with van der Waals surface area (Å²) in [5, 5.41) is 2.97. The normalized spacial score (nSPS) is 19.1. The first-order chi connectivity index (χ1) is 8.05. The molecule has 0 radical (unpaired) electrons. The molecule has 1 aliphatic heterocycles.